The molecule has 0 aliphatic carbocycles. The summed E-state index contributed by atoms with van der Waals surface area (Å²) in [7, 11) is 0. The SMILES string of the molecule is Cc1cc(OCc2ccc(N)c(F)c2)cc(C)c1Cl. The number of halogens is 2. The van der Waals surface area contributed by atoms with Crippen molar-refractivity contribution in [3.05, 3.63) is 57.9 Å². The molecule has 0 saturated carbocycles. The molecule has 0 atom stereocenters. The van der Waals surface area contributed by atoms with Crippen molar-refractivity contribution < 1.29 is 9.13 Å². The minimum absolute atomic E-state index is 0.141. The number of ether oxygens (including phenoxy) is 1. The molecule has 4 heteroatoms. The molecule has 0 unspecified atom stereocenters. The van der Waals surface area contributed by atoms with E-state index in [2.05, 4.69) is 0 Å². The van der Waals surface area contributed by atoms with Crippen molar-refractivity contribution in [1.29, 1.82) is 0 Å². The lowest BCUT2D eigenvalue weighted by atomic mass is 10.1. The largest absolute Gasteiger partial charge is 0.489 e. The Balaban J connectivity index is 2.12. The molecular formula is C15H15ClFNO. The zero-order chi connectivity index (χ0) is 14.0. The summed E-state index contributed by atoms with van der Waals surface area (Å²) in [5, 5.41) is 0.742. The molecule has 0 saturated heterocycles. The average Bonchev–Trinajstić information content (AvgIpc) is 2.37. The summed E-state index contributed by atoms with van der Waals surface area (Å²) in [5.74, 6) is 0.293. The fourth-order valence-corrected chi connectivity index (χ4v) is 1.93. The van der Waals surface area contributed by atoms with Gasteiger partial charge in [-0.3, -0.25) is 0 Å². The lowest BCUT2D eigenvalue weighted by Gasteiger charge is -2.10. The molecule has 0 heterocycles. The summed E-state index contributed by atoms with van der Waals surface area (Å²) in [6.07, 6.45) is 0. The van der Waals surface area contributed by atoms with Gasteiger partial charge in [0.15, 0.2) is 0 Å². The van der Waals surface area contributed by atoms with Crippen molar-refractivity contribution in [1.82, 2.24) is 0 Å². The minimum atomic E-state index is -0.426. The van der Waals surface area contributed by atoms with E-state index in [-0.39, 0.29) is 12.3 Å². The number of rotatable bonds is 3. The van der Waals surface area contributed by atoms with Gasteiger partial charge in [-0.15, -0.1) is 0 Å². The average molecular weight is 280 g/mol. The molecule has 0 fully saturated rings. The minimum Gasteiger partial charge on any atom is -0.489 e. The monoisotopic (exact) mass is 279 g/mol. The molecule has 0 aromatic heterocycles. The Kier molecular flexibility index (Phi) is 3.96. The molecule has 0 aliphatic heterocycles. The Morgan fingerprint density at radius 3 is 2.37 bits per heavy atom. The number of aryl methyl sites for hydroxylation is 2. The van der Waals surface area contributed by atoms with Crippen molar-refractivity contribution in [3.8, 4) is 5.75 Å². The Morgan fingerprint density at radius 2 is 1.79 bits per heavy atom. The molecule has 2 rings (SSSR count). The smallest absolute Gasteiger partial charge is 0.146 e. The van der Waals surface area contributed by atoms with E-state index < -0.39 is 5.82 Å². The molecule has 19 heavy (non-hydrogen) atoms. The van der Waals surface area contributed by atoms with Crippen LogP contribution in [0.4, 0.5) is 10.1 Å². The van der Waals surface area contributed by atoms with Gasteiger partial charge in [0.05, 0.1) is 5.69 Å². The Morgan fingerprint density at radius 1 is 1.16 bits per heavy atom. The summed E-state index contributed by atoms with van der Waals surface area (Å²) in [6, 6.07) is 8.39. The Hall–Kier alpha value is -1.74. The lowest BCUT2D eigenvalue weighted by Crippen LogP contribution is -1.99. The van der Waals surface area contributed by atoms with Crippen molar-refractivity contribution in [2.75, 3.05) is 5.73 Å². The summed E-state index contributed by atoms with van der Waals surface area (Å²) in [5.41, 5.74) is 8.21. The van der Waals surface area contributed by atoms with Crippen molar-refractivity contribution in [2.45, 2.75) is 20.5 Å². The van der Waals surface area contributed by atoms with Crippen LogP contribution in [0.25, 0.3) is 0 Å². The highest BCUT2D eigenvalue weighted by Gasteiger charge is 2.05. The van der Waals surface area contributed by atoms with Gasteiger partial charge in [0.25, 0.3) is 0 Å². The highest BCUT2D eigenvalue weighted by molar-refractivity contribution is 6.32. The zero-order valence-corrected chi connectivity index (χ0v) is 11.6. The van der Waals surface area contributed by atoms with Crippen LogP contribution >= 0.6 is 11.6 Å². The van der Waals surface area contributed by atoms with Gasteiger partial charge in [-0.1, -0.05) is 17.7 Å². The molecular weight excluding hydrogens is 265 g/mol. The van der Waals surface area contributed by atoms with Gasteiger partial charge in [0.1, 0.15) is 18.2 Å². The maximum Gasteiger partial charge on any atom is 0.146 e. The highest BCUT2D eigenvalue weighted by atomic mass is 35.5. The van der Waals surface area contributed by atoms with E-state index in [4.69, 9.17) is 22.1 Å². The van der Waals surface area contributed by atoms with Crippen LogP contribution in [-0.4, -0.2) is 0 Å². The van der Waals surface area contributed by atoms with Crippen LogP contribution in [0.2, 0.25) is 5.02 Å². The zero-order valence-electron chi connectivity index (χ0n) is 10.8. The lowest BCUT2D eigenvalue weighted by molar-refractivity contribution is 0.305. The number of benzene rings is 2. The number of nitrogen functional groups attached to an aromatic ring is 1. The van der Waals surface area contributed by atoms with Gasteiger partial charge < -0.3 is 10.5 Å². The van der Waals surface area contributed by atoms with Gasteiger partial charge >= 0.3 is 0 Å². The number of hydrogen-bond donors (Lipinski definition) is 1. The second-order valence-corrected chi connectivity index (χ2v) is 4.89. The predicted octanol–water partition coefficient (Wildman–Crippen LogP) is 4.26. The normalized spacial score (nSPS) is 10.5. The van der Waals surface area contributed by atoms with Crippen molar-refractivity contribution in [2.24, 2.45) is 0 Å². The van der Waals surface area contributed by atoms with E-state index in [9.17, 15) is 4.39 Å². The van der Waals surface area contributed by atoms with Gasteiger partial charge in [0.2, 0.25) is 0 Å². The number of nitrogens with two attached hydrogens (primary N) is 1. The first kappa shape index (κ1) is 13.7. The van der Waals surface area contributed by atoms with Crippen LogP contribution < -0.4 is 10.5 Å². The summed E-state index contributed by atoms with van der Waals surface area (Å²) < 4.78 is 18.9. The van der Waals surface area contributed by atoms with Gasteiger partial charge in [-0.25, -0.2) is 4.39 Å². The topological polar surface area (TPSA) is 35.2 Å². The third-order valence-corrected chi connectivity index (χ3v) is 3.48. The molecule has 0 bridgehead atoms. The molecule has 100 valence electrons. The first-order chi connectivity index (χ1) is 8.97. The molecule has 0 radical (unpaired) electrons. The quantitative estimate of drug-likeness (QED) is 0.852. The van der Waals surface area contributed by atoms with Crippen LogP contribution in [-0.2, 0) is 6.61 Å². The van der Waals surface area contributed by atoms with E-state index in [1.165, 1.54) is 12.1 Å². The second kappa shape index (κ2) is 5.49. The van der Waals surface area contributed by atoms with Crippen LogP contribution in [0.15, 0.2) is 30.3 Å². The fraction of sp³-hybridized carbons (Fsp3) is 0.200. The molecule has 2 aromatic carbocycles. The van der Waals surface area contributed by atoms with Crippen LogP contribution in [0, 0.1) is 19.7 Å². The van der Waals surface area contributed by atoms with E-state index >= 15 is 0 Å². The predicted molar refractivity (Wildman–Crippen MR) is 76.1 cm³/mol. The number of hydrogen-bond acceptors (Lipinski definition) is 2. The van der Waals surface area contributed by atoms with Gasteiger partial charge in [-0.05, 0) is 54.8 Å². The number of anilines is 1. The Bertz CT molecular complexity index is 590. The molecule has 2 N–H and O–H groups in total. The van der Waals surface area contributed by atoms with Crippen LogP contribution in [0.3, 0.4) is 0 Å². The van der Waals surface area contributed by atoms with Crippen LogP contribution in [0.5, 0.6) is 5.75 Å². The van der Waals surface area contributed by atoms with E-state index in [1.54, 1.807) is 6.07 Å². The maximum atomic E-state index is 13.3. The third kappa shape index (κ3) is 3.18. The van der Waals surface area contributed by atoms with Crippen LogP contribution in [0.1, 0.15) is 16.7 Å². The summed E-state index contributed by atoms with van der Waals surface area (Å²) >= 11 is 6.09. The van der Waals surface area contributed by atoms with E-state index in [1.807, 2.05) is 26.0 Å². The highest BCUT2D eigenvalue weighted by Crippen LogP contribution is 2.26. The van der Waals surface area contributed by atoms with Gasteiger partial charge in [-0.2, -0.15) is 0 Å². The molecule has 2 aromatic rings. The second-order valence-electron chi connectivity index (χ2n) is 4.52. The van der Waals surface area contributed by atoms with E-state index in [0.717, 1.165) is 27.5 Å². The molecule has 2 nitrogen and oxygen atoms in total. The van der Waals surface area contributed by atoms with Crippen molar-refractivity contribution in [3.63, 3.8) is 0 Å². The molecule has 0 aliphatic rings. The molecule has 0 amide bonds. The van der Waals surface area contributed by atoms with Crippen molar-refractivity contribution >= 4 is 17.3 Å². The maximum absolute atomic E-state index is 13.3. The fourth-order valence-electron chi connectivity index (χ4n) is 1.82. The summed E-state index contributed by atoms with van der Waals surface area (Å²) in [6.45, 7) is 4.13. The van der Waals surface area contributed by atoms with Gasteiger partial charge in [0, 0.05) is 5.02 Å². The Labute approximate surface area is 117 Å². The standard InChI is InChI=1S/C15H15ClFNO/c1-9-5-12(6-10(2)15(9)16)19-8-11-3-4-14(18)13(17)7-11/h3-7H,8,18H2,1-2H3. The first-order valence-corrected chi connectivity index (χ1v) is 6.28. The third-order valence-electron chi connectivity index (χ3n) is 2.88. The molecule has 0 spiro atoms. The first-order valence-electron chi connectivity index (χ1n) is 5.91. The summed E-state index contributed by atoms with van der Waals surface area (Å²) in [4.78, 5) is 0. The van der Waals surface area contributed by atoms with E-state index in [0.29, 0.717) is 0 Å².